The van der Waals surface area contributed by atoms with Crippen molar-refractivity contribution in [3.8, 4) is 0 Å². The third kappa shape index (κ3) is 2.72. The lowest BCUT2D eigenvalue weighted by Crippen LogP contribution is -2.31. The highest BCUT2D eigenvalue weighted by molar-refractivity contribution is 5.44. The highest BCUT2D eigenvalue weighted by Gasteiger charge is 2.36. The minimum Gasteiger partial charge on any atom is -0.370 e. The normalized spacial score (nSPS) is 18.9. The van der Waals surface area contributed by atoms with Gasteiger partial charge in [-0.1, -0.05) is 25.7 Å². The lowest BCUT2D eigenvalue weighted by Gasteiger charge is -2.30. The zero-order valence-electron chi connectivity index (χ0n) is 12.1. The number of aryl methyl sites for hydroxylation is 1. The molecule has 0 aromatic carbocycles. The van der Waals surface area contributed by atoms with Crippen LogP contribution in [0.3, 0.4) is 0 Å². The van der Waals surface area contributed by atoms with E-state index in [2.05, 4.69) is 15.4 Å². The largest absolute Gasteiger partial charge is 0.370 e. The van der Waals surface area contributed by atoms with Crippen LogP contribution in [0.4, 0.5) is 5.82 Å². The van der Waals surface area contributed by atoms with E-state index in [-0.39, 0.29) is 5.60 Å². The summed E-state index contributed by atoms with van der Waals surface area (Å²) in [6.07, 6.45) is 6.81. The average molecular weight is 264 g/mol. The Bertz CT molecular complexity index is 439. The van der Waals surface area contributed by atoms with Crippen molar-refractivity contribution in [2.75, 3.05) is 12.5 Å². The van der Waals surface area contributed by atoms with Crippen LogP contribution in [0.1, 0.15) is 55.6 Å². The zero-order valence-corrected chi connectivity index (χ0v) is 12.1. The summed E-state index contributed by atoms with van der Waals surface area (Å²) in [5.41, 5.74) is 4.27. The van der Waals surface area contributed by atoms with Gasteiger partial charge in [0.2, 0.25) is 0 Å². The zero-order chi connectivity index (χ0) is 13.9. The summed E-state index contributed by atoms with van der Waals surface area (Å²) in [4.78, 5) is 9.25. The standard InChI is InChI=1S/C14H24N4O/c1-10-11(2)16-13(17-12(10)18-15)14(19-3)8-6-4-5-7-9-14/h4-9,15H2,1-3H3,(H,16,17,18). The summed E-state index contributed by atoms with van der Waals surface area (Å²) in [7, 11) is 1.76. The Morgan fingerprint density at radius 2 is 1.74 bits per heavy atom. The molecule has 2 rings (SSSR count). The lowest BCUT2D eigenvalue weighted by molar-refractivity contribution is -0.0351. The molecule has 0 atom stereocenters. The van der Waals surface area contributed by atoms with Gasteiger partial charge in [0.15, 0.2) is 5.82 Å². The Kier molecular flexibility index (Phi) is 4.37. The molecule has 0 saturated heterocycles. The van der Waals surface area contributed by atoms with Crippen LogP contribution in [0.5, 0.6) is 0 Å². The monoisotopic (exact) mass is 264 g/mol. The van der Waals surface area contributed by atoms with E-state index in [1.807, 2.05) is 13.8 Å². The minimum atomic E-state index is -0.347. The van der Waals surface area contributed by atoms with Crippen LogP contribution in [0.2, 0.25) is 0 Å². The second kappa shape index (κ2) is 5.84. The Morgan fingerprint density at radius 3 is 2.26 bits per heavy atom. The van der Waals surface area contributed by atoms with Gasteiger partial charge in [-0.05, 0) is 26.7 Å². The molecule has 5 nitrogen and oxygen atoms in total. The molecule has 5 heteroatoms. The number of aromatic nitrogens is 2. The molecule has 1 heterocycles. The van der Waals surface area contributed by atoms with Gasteiger partial charge in [-0.25, -0.2) is 15.8 Å². The van der Waals surface area contributed by atoms with Crippen molar-refractivity contribution in [1.29, 1.82) is 0 Å². The third-order valence-corrected chi connectivity index (χ3v) is 4.24. The predicted octanol–water partition coefficient (Wildman–Crippen LogP) is 2.57. The fourth-order valence-electron chi connectivity index (χ4n) is 2.79. The number of hydrogen-bond donors (Lipinski definition) is 2. The van der Waals surface area contributed by atoms with E-state index in [0.29, 0.717) is 5.82 Å². The number of hydrogen-bond acceptors (Lipinski definition) is 5. The van der Waals surface area contributed by atoms with E-state index in [1.165, 1.54) is 12.8 Å². The van der Waals surface area contributed by atoms with E-state index in [9.17, 15) is 0 Å². The molecule has 19 heavy (non-hydrogen) atoms. The van der Waals surface area contributed by atoms with Crippen molar-refractivity contribution in [2.24, 2.45) is 5.84 Å². The van der Waals surface area contributed by atoms with E-state index in [4.69, 9.17) is 10.6 Å². The highest BCUT2D eigenvalue weighted by Crippen LogP contribution is 2.38. The maximum atomic E-state index is 5.85. The Morgan fingerprint density at radius 1 is 1.11 bits per heavy atom. The Labute approximate surface area is 114 Å². The lowest BCUT2D eigenvalue weighted by atomic mass is 9.92. The predicted molar refractivity (Wildman–Crippen MR) is 75.7 cm³/mol. The molecule has 0 amide bonds. The Hall–Kier alpha value is -1.20. The van der Waals surface area contributed by atoms with E-state index < -0.39 is 0 Å². The van der Waals surface area contributed by atoms with Crippen molar-refractivity contribution >= 4 is 5.82 Å². The first-order valence-electron chi connectivity index (χ1n) is 7.00. The van der Waals surface area contributed by atoms with E-state index in [0.717, 1.165) is 42.8 Å². The molecule has 0 unspecified atom stereocenters. The molecular formula is C14H24N4O. The van der Waals surface area contributed by atoms with Gasteiger partial charge in [0.05, 0.1) is 0 Å². The molecule has 1 saturated carbocycles. The van der Waals surface area contributed by atoms with Gasteiger partial charge in [0.1, 0.15) is 11.4 Å². The molecule has 0 radical (unpaired) electrons. The molecule has 1 fully saturated rings. The highest BCUT2D eigenvalue weighted by atomic mass is 16.5. The van der Waals surface area contributed by atoms with Gasteiger partial charge in [-0.2, -0.15) is 0 Å². The Balaban J connectivity index is 2.45. The van der Waals surface area contributed by atoms with Gasteiger partial charge in [-0.3, -0.25) is 0 Å². The molecule has 3 N–H and O–H groups in total. The van der Waals surface area contributed by atoms with E-state index in [1.54, 1.807) is 7.11 Å². The van der Waals surface area contributed by atoms with Crippen molar-refractivity contribution < 1.29 is 4.74 Å². The van der Waals surface area contributed by atoms with Crippen LogP contribution in [0.25, 0.3) is 0 Å². The van der Waals surface area contributed by atoms with Crippen LogP contribution in [0, 0.1) is 13.8 Å². The number of nitrogens with zero attached hydrogens (tertiary/aromatic N) is 2. The van der Waals surface area contributed by atoms with Gasteiger partial charge in [0, 0.05) is 18.4 Å². The summed E-state index contributed by atoms with van der Waals surface area (Å²) in [5, 5.41) is 0. The van der Waals surface area contributed by atoms with Crippen LogP contribution >= 0.6 is 0 Å². The first-order valence-corrected chi connectivity index (χ1v) is 7.00. The van der Waals surface area contributed by atoms with Gasteiger partial charge < -0.3 is 10.2 Å². The number of anilines is 1. The maximum absolute atomic E-state index is 5.85. The second-order valence-electron chi connectivity index (χ2n) is 5.36. The smallest absolute Gasteiger partial charge is 0.162 e. The summed E-state index contributed by atoms with van der Waals surface area (Å²) in [6, 6.07) is 0. The van der Waals surface area contributed by atoms with Gasteiger partial charge in [0.25, 0.3) is 0 Å². The van der Waals surface area contributed by atoms with Gasteiger partial charge in [-0.15, -0.1) is 0 Å². The average Bonchev–Trinajstić information content (AvgIpc) is 2.68. The molecule has 1 aliphatic rings. The molecule has 0 spiro atoms. The van der Waals surface area contributed by atoms with E-state index >= 15 is 0 Å². The van der Waals surface area contributed by atoms with Crippen molar-refractivity contribution in [1.82, 2.24) is 9.97 Å². The third-order valence-electron chi connectivity index (χ3n) is 4.24. The summed E-state index contributed by atoms with van der Waals surface area (Å²) >= 11 is 0. The minimum absolute atomic E-state index is 0.347. The topological polar surface area (TPSA) is 73.1 Å². The second-order valence-corrected chi connectivity index (χ2v) is 5.36. The van der Waals surface area contributed by atoms with Crippen molar-refractivity contribution in [3.63, 3.8) is 0 Å². The summed E-state index contributed by atoms with van der Waals surface area (Å²) in [6.45, 7) is 3.96. The molecule has 0 aliphatic heterocycles. The SMILES string of the molecule is COC1(c2nc(C)c(C)c(NN)n2)CCCCCC1. The molecular weight excluding hydrogens is 240 g/mol. The molecule has 1 aromatic rings. The maximum Gasteiger partial charge on any atom is 0.162 e. The van der Waals surface area contributed by atoms with Crippen LogP contribution < -0.4 is 11.3 Å². The number of hydrazine groups is 1. The number of methoxy groups -OCH3 is 1. The molecule has 106 valence electrons. The van der Waals surface area contributed by atoms with Crippen molar-refractivity contribution in [2.45, 2.75) is 58.0 Å². The molecule has 1 aliphatic carbocycles. The van der Waals surface area contributed by atoms with Crippen LogP contribution in [-0.2, 0) is 10.3 Å². The first kappa shape index (κ1) is 14.2. The molecule has 1 aromatic heterocycles. The summed E-state index contributed by atoms with van der Waals surface area (Å²) in [5.74, 6) is 7.02. The fourth-order valence-corrected chi connectivity index (χ4v) is 2.79. The first-order chi connectivity index (χ1) is 9.13. The number of ether oxygens (including phenoxy) is 1. The molecule has 0 bridgehead atoms. The number of nitrogens with one attached hydrogen (secondary N) is 1. The summed E-state index contributed by atoms with van der Waals surface area (Å²) < 4.78 is 5.85. The number of rotatable bonds is 3. The number of nitrogens with two attached hydrogens (primary N) is 1. The number of nitrogen functional groups attached to an aromatic ring is 1. The van der Waals surface area contributed by atoms with Gasteiger partial charge >= 0.3 is 0 Å². The fraction of sp³-hybridized carbons (Fsp3) is 0.714. The quantitative estimate of drug-likeness (QED) is 0.498. The van der Waals surface area contributed by atoms with Crippen LogP contribution in [0.15, 0.2) is 0 Å². The van der Waals surface area contributed by atoms with Crippen LogP contribution in [-0.4, -0.2) is 17.1 Å². The van der Waals surface area contributed by atoms with Crippen molar-refractivity contribution in [3.05, 3.63) is 17.1 Å².